The first kappa shape index (κ1) is 13.1. The van der Waals surface area contributed by atoms with Gasteiger partial charge in [0.2, 0.25) is 0 Å². The Morgan fingerprint density at radius 1 is 1.39 bits per heavy atom. The van der Waals surface area contributed by atoms with E-state index in [0.717, 1.165) is 18.9 Å². The Morgan fingerprint density at radius 3 is 2.78 bits per heavy atom. The molecule has 100 valence electrons. The summed E-state index contributed by atoms with van der Waals surface area (Å²) in [5.41, 5.74) is 1.30. The van der Waals surface area contributed by atoms with Crippen molar-refractivity contribution in [2.45, 2.75) is 38.8 Å². The van der Waals surface area contributed by atoms with Crippen molar-refractivity contribution >= 4 is 11.5 Å². The molecule has 1 aliphatic heterocycles. The lowest BCUT2D eigenvalue weighted by molar-refractivity contribution is 0.617. The van der Waals surface area contributed by atoms with Crippen molar-refractivity contribution in [3.63, 3.8) is 0 Å². The van der Waals surface area contributed by atoms with Crippen LogP contribution in [-0.4, -0.2) is 36.7 Å². The number of anilines is 2. The molecule has 0 unspecified atom stereocenters. The van der Waals surface area contributed by atoms with Gasteiger partial charge in [0, 0.05) is 42.6 Å². The highest BCUT2D eigenvalue weighted by molar-refractivity contribution is 5.55. The molecular weight excluding hydrogens is 224 g/mol. The maximum absolute atomic E-state index is 4.38. The molecule has 1 fully saturated rings. The first-order valence-electron chi connectivity index (χ1n) is 6.64. The van der Waals surface area contributed by atoms with E-state index in [1.807, 2.05) is 13.2 Å². The molecule has 18 heavy (non-hydrogen) atoms. The van der Waals surface area contributed by atoms with Crippen LogP contribution in [0.2, 0.25) is 0 Å². The second kappa shape index (κ2) is 5.14. The number of nitrogens with one attached hydrogen (secondary N) is 2. The fourth-order valence-corrected chi connectivity index (χ4v) is 2.30. The van der Waals surface area contributed by atoms with E-state index in [4.69, 9.17) is 0 Å². The number of likely N-dealkylation sites (N-methyl/N-ethyl adjacent to an activating group) is 1. The molecule has 1 aromatic heterocycles. The van der Waals surface area contributed by atoms with Crippen molar-refractivity contribution in [1.82, 2.24) is 10.3 Å². The summed E-state index contributed by atoms with van der Waals surface area (Å²) in [4.78, 5) is 6.80. The average Bonchev–Trinajstić information content (AvgIpc) is 2.75. The van der Waals surface area contributed by atoms with Gasteiger partial charge in [-0.3, -0.25) is 0 Å². The minimum absolute atomic E-state index is 0.0458. The molecule has 1 aliphatic rings. The van der Waals surface area contributed by atoms with Crippen LogP contribution in [0.25, 0.3) is 0 Å². The van der Waals surface area contributed by atoms with Crippen LogP contribution in [0.3, 0.4) is 0 Å². The molecule has 0 aromatic carbocycles. The zero-order valence-electron chi connectivity index (χ0n) is 11.8. The highest BCUT2D eigenvalue weighted by Crippen LogP contribution is 2.23. The average molecular weight is 248 g/mol. The summed E-state index contributed by atoms with van der Waals surface area (Å²) in [6.07, 6.45) is 3.09. The largest absolute Gasteiger partial charge is 0.370 e. The molecule has 0 bridgehead atoms. The van der Waals surface area contributed by atoms with Crippen LogP contribution in [-0.2, 0) is 0 Å². The molecule has 4 heteroatoms. The van der Waals surface area contributed by atoms with Crippen LogP contribution in [0.1, 0.15) is 27.2 Å². The van der Waals surface area contributed by atoms with E-state index in [0.29, 0.717) is 6.04 Å². The quantitative estimate of drug-likeness (QED) is 0.859. The molecule has 2 N–H and O–H groups in total. The highest BCUT2D eigenvalue weighted by Gasteiger charge is 2.21. The van der Waals surface area contributed by atoms with Gasteiger partial charge in [0.15, 0.2) is 0 Å². The van der Waals surface area contributed by atoms with E-state index in [9.17, 15) is 0 Å². The zero-order chi connectivity index (χ0) is 13.2. The maximum atomic E-state index is 4.38. The fraction of sp³-hybridized carbons (Fsp3) is 0.643. The number of hydrogen-bond donors (Lipinski definition) is 2. The van der Waals surface area contributed by atoms with Gasteiger partial charge in [0.1, 0.15) is 5.82 Å². The van der Waals surface area contributed by atoms with E-state index in [2.05, 4.69) is 53.4 Å². The Morgan fingerprint density at radius 2 is 2.17 bits per heavy atom. The molecule has 0 saturated carbocycles. The molecule has 1 aromatic rings. The molecule has 0 radical (unpaired) electrons. The van der Waals surface area contributed by atoms with Gasteiger partial charge < -0.3 is 15.5 Å². The van der Waals surface area contributed by atoms with Gasteiger partial charge in [0.05, 0.1) is 0 Å². The van der Waals surface area contributed by atoms with Crippen molar-refractivity contribution < 1.29 is 0 Å². The van der Waals surface area contributed by atoms with Gasteiger partial charge in [-0.05, 0) is 40.3 Å². The summed E-state index contributed by atoms with van der Waals surface area (Å²) in [5, 5.41) is 6.76. The molecule has 0 aliphatic carbocycles. The zero-order valence-corrected chi connectivity index (χ0v) is 11.8. The molecular formula is C14H24N4. The predicted molar refractivity (Wildman–Crippen MR) is 77.3 cm³/mol. The van der Waals surface area contributed by atoms with Crippen molar-refractivity contribution in [3.05, 3.63) is 18.3 Å². The summed E-state index contributed by atoms with van der Waals surface area (Å²) in [7, 11) is 2.04. The van der Waals surface area contributed by atoms with Crippen LogP contribution in [0.5, 0.6) is 0 Å². The Bertz CT molecular complexity index is 397. The first-order chi connectivity index (χ1) is 8.48. The van der Waals surface area contributed by atoms with Crippen LogP contribution >= 0.6 is 0 Å². The van der Waals surface area contributed by atoms with Crippen molar-refractivity contribution in [1.29, 1.82) is 0 Å². The van der Waals surface area contributed by atoms with Gasteiger partial charge in [-0.2, -0.15) is 0 Å². The minimum atomic E-state index is 0.0458. The van der Waals surface area contributed by atoms with Crippen LogP contribution in [0.15, 0.2) is 18.3 Å². The third kappa shape index (κ3) is 3.35. The Kier molecular flexibility index (Phi) is 3.76. The molecule has 1 atom stereocenters. The SMILES string of the molecule is CN[C@H]1CCN(c2ccnc(NC(C)(C)C)c2)C1. The van der Waals surface area contributed by atoms with Crippen LogP contribution in [0, 0.1) is 0 Å². The van der Waals surface area contributed by atoms with Crippen molar-refractivity contribution in [3.8, 4) is 0 Å². The van der Waals surface area contributed by atoms with E-state index in [-0.39, 0.29) is 5.54 Å². The monoisotopic (exact) mass is 248 g/mol. The minimum Gasteiger partial charge on any atom is -0.370 e. The smallest absolute Gasteiger partial charge is 0.128 e. The van der Waals surface area contributed by atoms with E-state index < -0.39 is 0 Å². The predicted octanol–water partition coefficient (Wildman–Crippen LogP) is 2.09. The Labute approximate surface area is 110 Å². The summed E-state index contributed by atoms with van der Waals surface area (Å²) in [5.74, 6) is 0.952. The lowest BCUT2D eigenvalue weighted by Gasteiger charge is -2.23. The normalized spacial score (nSPS) is 20.2. The molecule has 0 spiro atoms. The highest BCUT2D eigenvalue weighted by atomic mass is 15.2. The van der Waals surface area contributed by atoms with Crippen LogP contribution < -0.4 is 15.5 Å². The third-order valence-corrected chi connectivity index (χ3v) is 3.21. The summed E-state index contributed by atoms with van der Waals surface area (Å²) in [6, 6.07) is 4.84. The van der Waals surface area contributed by atoms with Gasteiger partial charge in [-0.25, -0.2) is 4.98 Å². The van der Waals surface area contributed by atoms with Crippen molar-refractivity contribution in [2.24, 2.45) is 0 Å². The topological polar surface area (TPSA) is 40.2 Å². The number of pyridine rings is 1. The fourth-order valence-electron chi connectivity index (χ4n) is 2.30. The lowest BCUT2D eigenvalue weighted by atomic mass is 10.1. The number of aromatic nitrogens is 1. The number of rotatable bonds is 3. The van der Waals surface area contributed by atoms with Gasteiger partial charge in [0.25, 0.3) is 0 Å². The Hall–Kier alpha value is -1.29. The van der Waals surface area contributed by atoms with E-state index in [1.165, 1.54) is 12.1 Å². The number of nitrogens with zero attached hydrogens (tertiary/aromatic N) is 2. The first-order valence-corrected chi connectivity index (χ1v) is 6.64. The lowest BCUT2D eigenvalue weighted by Crippen LogP contribution is -2.30. The summed E-state index contributed by atoms with van der Waals surface area (Å²) in [6.45, 7) is 8.64. The van der Waals surface area contributed by atoms with Crippen LogP contribution in [0.4, 0.5) is 11.5 Å². The molecule has 0 amide bonds. The van der Waals surface area contributed by atoms with Crippen molar-refractivity contribution in [2.75, 3.05) is 30.4 Å². The maximum Gasteiger partial charge on any atom is 0.128 e. The summed E-state index contributed by atoms with van der Waals surface area (Å²) < 4.78 is 0. The Balaban J connectivity index is 2.08. The molecule has 2 rings (SSSR count). The molecule has 2 heterocycles. The number of hydrogen-bond acceptors (Lipinski definition) is 4. The van der Waals surface area contributed by atoms with Gasteiger partial charge >= 0.3 is 0 Å². The second-order valence-electron chi connectivity index (χ2n) is 5.99. The van der Waals surface area contributed by atoms with Gasteiger partial charge in [-0.1, -0.05) is 0 Å². The van der Waals surface area contributed by atoms with E-state index in [1.54, 1.807) is 0 Å². The second-order valence-corrected chi connectivity index (χ2v) is 5.99. The summed E-state index contributed by atoms with van der Waals surface area (Å²) >= 11 is 0. The van der Waals surface area contributed by atoms with E-state index >= 15 is 0 Å². The molecule has 1 saturated heterocycles. The third-order valence-electron chi connectivity index (χ3n) is 3.21. The standard InChI is InChI=1S/C14H24N4/c1-14(2,3)17-13-9-12(5-7-16-13)18-8-6-11(10-18)15-4/h5,7,9,11,15H,6,8,10H2,1-4H3,(H,16,17)/t11-/m0/s1. The van der Waals surface area contributed by atoms with Gasteiger partial charge in [-0.15, -0.1) is 0 Å². The molecule has 4 nitrogen and oxygen atoms in total.